The Morgan fingerprint density at radius 1 is 1.33 bits per heavy atom. The van der Waals surface area contributed by atoms with Gasteiger partial charge in [-0.05, 0) is 19.1 Å². The highest BCUT2D eigenvalue weighted by Gasteiger charge is 2.44. The van der Waals surface area contributed by atoms with Crippen LogP contribution in [0.4, 0.5) is 0 Å². The maximum absolute atomic E-state index is 11.9. The minimum atomic E-state index is -3.34. The average molecular weight is 227 g/mol. The van der Waals surface area contributed by atoms with Crippen LogP contribution in [0.25, 0.3) is 0 Å². The normalized spacial score (nSPS) is 25.2. The summed E-state index contributed by atoms with van der Waals surface area (Å²) in [6.07, 6.45) is -0.281. The van der Waals surface area contributed by atoms with Crippen molar-refractivity contribution in [3.63, 3.8) is 0 Å². The molecule has 1 aromatic carbocycles. The van der Waals surface area contributed by atoms with E-state index in [2.05, 4.69) is 0 Å². The Morgan fingerprint density at radius 3 is 2.40 bits per heavy atom. The number of nitrogens with zero attached hydrogens (tertiary/aromatic N) is 1. The fraction of sp³-hybridized carbons (Fsp3) is 0.400. The minimum Gasteiger partial charge on any atom is -0.364 e. The molecule has 0 N–H and O–H groups in total. The molecule has 2 atom stereocenters. The van der Waals surface area contributed by atoms with Gasteiger partial charge in [-0.1, -0.05) is 17.7 Å². The second-order valence-electron chi connectivity index (χ2n) is 3.58. The summed E-state index contributed by atoms with van der Waals surface area (Å²) in [5.74, 6) is 0. The fourth-order valence-corrected chi connectivity index (χ4v) is 2.87. The quantitative estimate of drug-likeness (QED) is 0.723. The Labute approximate surface area is 89.5 Å². The van der Waals surface area contributed by atoms with Gasteiger partial charge >= 0.3 is 0 Å². The van der Waals surface area contributed by atoms with Gasteiger partial charge in [0.2, 0.25) is 10.0 Å². The predicted octanol–water partition coefficient (Wildman–Crippen LogP) is 0.972. The molecule has 0 spiro atoms. The van der Waals surface area contributed by atoms with Gasteiger partial charge in [0.05, 0.1) is 11.4 Å². The van der Waals surface area contributed by atoms with Crippen LogP contribution in [0.2, 0.25) is 0 Å². The molecule has 1 aliphatic rings. The summed E-state index contributed by atoms with van der Waals surface area (Å²) in [6.45, 7) is 2.37. The van der Waals surface area contributed by atoms with Crippen molar-refractivity contribution in [2.24, 2.45) is 0 Å². The van der Waals surface area contributed by atoms with Crippen molar-refractivity contribution in [3.8, 4) is 0 Å². The lowest BCUT2D eigenvalue weighted by atomic mass is 10.2. The van der Waals surface area contributed by atoms with E-state index in [1.165, 1.54) is 11.4 Å². The van der Waals surface area contributed by atoms with Gasteiger partial charge in [0.25, 0.3) is 0 Å². The molecule has 0 saturated carbocycles. The molecule has 0 radical (unpaired) electrons. The van der Waals surface area contributed by atoms with Gasteiger partial charge < -0.3 is 4.74 Å². The highest BCUT2D eigenvalue weighted by Crippen LogP contribution is 2.28. The van der Waals surface area contributed by atoms with E-state index in [0.717, 1.165) is 5.56 Å². The Hall–Kier alpha value is -0.910. The average Bonchev–Trinajstić information content (AvgIpc) is 2.98. The second kappa shape index (κ2) is 3.59. The first kappa shape index (κ1) is 10.6. The summed E-state index contributed by atoms with van der Waals surface area (Å²) in [7, 11) is -1.83. The zero-order valence-corrected chi connectivity index (χ0v) is 9.49. The molecule has 1 aromatic rings. The largest absolute Gasteiger partial charge is 0.364 e. The predicted molar refractivity (Wildman–Crippen MR) is 55.9 cm³/mol. The van der Waals surface area contributed by atoms with Gasteiger partial charge in [-0.25, -0.2) is 8.42 Å². The monoisotopic (exact) mass is 227 g/mol. The molecule has 0 aromatic heterocycles. The number of sulfonamides is 1. The zero-order valence-electron chi connectivity index (χ0n) is 8.67. The molecule has 82 valence electrons. The van der Waals surface area contributed by atoms with Crippen LogP contribution in [-0.4, -0.2) is 32.6 Å². The van der Waals surface area contributed by atoms with Crippen molar-refractivity contribution in [3.05, 3.63) is 29.8 Å². The van der Waals surface area contributed by atoms with E-state index in [0.29, 0.717) is 11.4 Å². The van der Waals surface area contributed by atoms with Gasteiger partial charge in [-0.15, -0.1) is 0 Å². The van der Waals surface area contributed by atoms with E-state index in [9.17, 15) is 8.42 Å². The summed E-state index contributed by atoms with van der Waals surface area (Å²) < 4.78 is 30.1. The molecule has 1 fully saturated rings. The lowest BCUT2D eigenvalue weighted by Crippen LogP contribution is -2.15. The molecule has 1 aliphatic heterocycles. The van der Waals surface area contributed by atoms with E-state index < -0.39 is 10.0 Å². The first-order valence-corrected chi connectivity index (χ1v) is 6.11. The number of ether oxygens (including phenoxy) is 1. The third-order valence-corrected chi connectivity index (χ3v) is 4.29. The Balaban J connectivity index is 2.27. The number of hydrogen-bond acceptors (Lipinski definition) is 3. The van der Waals surface area contributed by atoms with Gasteiger partial charge in [0.1, 0.15) is 6.23 Å². The Bertz CT molecular complexity index is 452. The highest BCUT2D eigenvalue weighted by molar-refractivity contribution is 7.89. The molecule has 1 saturated heterocycles. The van der Waals surface area contributed by atoms with Crippen LogP contribution in [0.3, 0.4) is 0 Å². The lowest BCUT2D eigenvalue weighted by Gasteiger charge is -2.05. The number of methoxy groups -OCH3 is 1. The van der Waals surface area contributed by atoms with E-state index in [1.807, 2.05) is 6.92 Å². The summed E-state index contributed by atoms with van der Waals surface area (Å²) >= 11 is 0. The minimum absolute atomic E-state index is 0.281. The summed E-state index contributed by atoms with van der Waals surface area (Å²) in [6, 6.07) is 6.82. The van der Waals surface area contributed by atoms with E-state index in [4.69, 9.17) is 4.74 Å². The van der Waals surface area contributed by atoms with Crippen molar-refractivity contribution in [2.45, 2.75) is 18.0 Å². The maximum atomic E-state index is 11.9. The summed E-state index contributed by atoms with van der Waals surface area (Å²) in [4.78, 5) is 0.327. The second-order valence-corrected chi connectivity index (χ2v) is 5.47. The summed E-state index contributed by atoms with van der Waals surface area (Å²) in [5, 5.41) is 0. The van der Waals surface area contributed by atoms with Crippen molar-refractivity contribution in [2.75, 3.05) is 13.7 Å². The van der Waals surface area contributed by atoms with Crippen LogP contribution < -0.4 is 0 Å². The first-order valence-electron chi connectivity index (χ1n) is 4.67. The van der Waals surface area contributed by atoms with Crippen molar-refractivity contribution >= 4 is 10.0 Å². The number of rotatable bonds is 3. The van der Waals surface area contributed by atoms with Crippen molar-refractivity contribution in [1.29, 1.82) is 0 Å². The van der Waals surface area contributed by atoms with Crippen LogP contribution in [0.1, 0.15) is 5.56 Å². The van der Waals surface area contributed by atoms with Crippen LogP contribution in [0, 0.1) is 6.92 Å². The molecule has 0 amide bonds. The number of benzene rings is 1. The molecule has 15 heavy (non-hydrogen) atoms. The number of hydrogen-bond donors (Lipinski definition) is 0. The Morgan fingerprint density at radius 2 is 1.93 bits per heavy atom. The molecular formula is C10H13NO3S. The van der Waals surface area contributed by atoms with E-state index in [1.54, 1.807) is 24.3 Å². The summed E-state index contributed by atoms with van der Waals surface area (Å²) in [5.41, 5.74) is 1.04. The third-order valence-electron chi connectivity index (χ3n) is 2.42. The van der Waals surface area contributed by atoms with Crippen LogP contribution in [-0.2, 0) is 14.8 Å². The van der Waals surface area contributed by atoms with Crippen molar-refractivity contribution in [1.82, 2.24) is 4.31 Å². The molecule has 0 bridgehead atoms. The standard InChI is InChI=1S/C10H13NO3S/c1-8-3-5-9(6-4-8)15(12,13)11-7-10(11)14-2/h3-6,10H,7H2,1-2H3. The lowest BCUT2D eigenvalue weighted by molar-refractivity contribution is 0.158. The fourth-order valence-electron chi connectivity index (χ4n) is 1.40. The van der Waals surface area contributed by atoms with Gasteiger partial charge in [0, 0.05) is 7.11 Å². The molecule has 4 nitrogen and oxygen atoms in total. The number of aryl methyl sites for hydroxylation is 1. The molecule has 2 unspecified atom stereocenters. The van der Waals surface area contributed by atoms with Gasteiger partial charge in [0.15, 0.2) is 0 Å². The maximum Gasteiger partial charge on any atom is 0.245 e. The van der Waals surface area contributed by atoms with E-state index >= 15 is 0 Å². The van der Waals surface area contributed by atoms with Crippen LogP contribution in [0.5, 0.6) is 0 Å². The van der Waals surface area contributed by atoms with Crippen molar-refractivity contribution < 1.29 is 13.2 Å². The smallest absolute Gasteiger partial charge is 0.245 e. The van der Waals surface area contributed by atoms with Crippen LogP contribution in [0.15, 0.2) is 29.2 Å². The molecule has 0 aliphatic carbocycles. The Kier molecular flexibility index (Phi) is 2.54. The van der Waals surface area contributed by atoms with Gasteiger partial charge in [-0.2, -0.15) is 4.31 Å². The molecule has 5 heteroatoms. The van der Waals surface area contributed by atoms with Crippen LogP contribution >= 0.6 is 0 Å². The first-order chi connectivity index (χ1) is 7.05. The molecule has 1 heterocycles. The third kappa shape index (κ3) is 1.90. The molecule has 2 rings (SSSR count). The van der Waals surface area contributed by atoms with Gasteiger partial charge in [-0.3, -0.25) is 0 Å². The topological polar surface area (TPSA) is 46.4 Å². The zero-order chi connectivity index (χ0) is 11.1. The SMILES string of the molecule is COC1CN1S(=O)(=O)c1ccc(C)cc1. The highest BCUT2D eigenvalue weighted by atomic mass is 32.2. The molecular weight excluding hydrogens is 214 g/mol. The van der Waals surface area contributed by atoms with E-state index in [-0.39, 0.29) is 6.23 Å².